The van der Waals surface area contributed by atoms with Crippen molar-refractivity contribution in [3.8, 4) is 33.4 Å². The summed E-state index contributed by atoms with van der Waals surface area (Å²) in [6, 6.07) is 51.0. The number of aryl methyl sites for hydroxylation is 1. The van der Waals surface area contributed by atoms with Crippen LogP contribution in [0.4, 0.5) is 0 Å². The molecule has 0 nitrogen and oxygen atoms in total. The Morgan fingerprint density at radius 1 is 0.450 bits per heavy atom. The summed E-state index contributed by atoms with van der Waals surface area (Å²) in [5.41, 5.74) is 13.5. The van der Waals surface area contributed by atoms with Gasteiger partial charge < -0.3 is 0 Å². The molecule has 1 aliphatic carbocycles. The van der Waals surface area contributed by atoms with Gasteiger partial charge in [-0.3, -0.25) is 0 Å². The van der Waals surface area contributed by atoms with Crippen molar-refractivity contribution in [2.75, 3.05) is 0 Å². The molecule has 40 heavy (non-hydrogen) atoms. The normalized spacial score (nSPS) is 13.1. The van der Waals surface area contributed by atoms with Gasteiger partial charge in [-0.05, 0) is 92.9 Å². The number of fused-ring (bicyclic) bond motifs is 3. The lowest BCUT2D eigenvalue weighted by Gasteiger charge is -2.34. The van der Waals surface area contributed by atoms with Crippen LogP contribution >= 0.6 is 31.9 Å². The van der Waals surface area contributed by atoms with Gasteiger partial charge in [0, 0.05) is 8.95 Å². The van der Waals surface area contributed by atoms with Gasteiger partial charge in [0.25, 0.3) is 0 Å². The molecule has 0 N–H and O–H groups in total. The summed E-state index contributed by atoms with van der Waals surface area (Å²) in [6.45, 7) is 2.19. The molecule has 0 fully saturated rings. The zero-order valence-electron chi connectivity index (χ0n) is 22.0. The maximum Gasteiger partial charge on any atom is 0.0714 e. The quantitative estimate of drug-likeness (QED) is 0.179. The lowest BCUT2D eigenvalue weighted by molar-refractivity contribution is 0.767. The van der Waals surface area contributed by atoms with Crippen molar-refractivity contribution in [1.29, 1.82) is 0 Å². The van der Waals surface area contributed by atoms with Gasteiger partial charge in [-0.2, -0.15) is 0 Å². The Hall–Kier alpha value is -3.72. The summed E-state index contributed by atoms with van der Waals surface area (Å²) >= 11 is 7.57. The SMILES string of the molecule is Cc1ccc2c(c1)-c1c(-c3cccc(-c4ccccc4)c3)cccc1C2(c1cccc(Br)c1)c1cccc(Br)c1. The first-order valence-corrected chi connectivity index (χ1v) is 15.1. The summed E-state index contributed by atoms with van der Waals surface area (Å²) in [5.74, 6) is 0. The summed E-state index contributed by atoms with van der Waals surface area (Å²) in [4.78, 5) is 0. The zero-order valence-corrected chi connectivity index (χ0v) is 25.2. The Balaban J connectivity index is 1.58. The lowest BCUT2D eigenvalue weighted by atomic mass is 9.67. The van der Waals surface area contributed by atoms with E-state index in [1.807, 2.05) is 0 Å². The van der Waals surface area contributed by atoms with Gasteiger partial charge in [-0.15, -0.1) is 0 Å². The Morgan fingerprint density at radius 3 is 1.77 bits per heavy atom. The summed E-state index contributed by atoms with van der Waals surface area (Å²) in [7, 11) is 0. The van der Waals surface area contributed by atoms with Crippen molar-refractivity contribution in [1.82, 2.24) is 0 Å². The molecule has 0 saturated heterocycles. The monoisotopic (exact) mass is 640 g/mol. The highest BCUT2D eigenvalue weighted by molar-refractivity contribution is 9.10. The van der Waals surface area contributed by atoms with Gasteiger partial charge in [0.15, 0.2) is 0 Å². The molecule has 0 unspecified atom stereocenters. The number of hydrogen-bond donors (Lipinski definition) is 0. The van der Waals surface area contributed by atoms with E-state index in [1.54, 1.807) is 0 Å². The first kappa shape index (κ1) is 25.3. The van der Waals surface area contributed by atoms with Gasteiger partial charge in [0.2, 0.25) is 0 Å². The molecule has 0 atom stereocenters. The predicted octanol–water partition coefficient (Wildman–Crippen LogP) is 11.2. The van der Waals surface area contributed by atoms with E-state index in [4.69, 9.17) is 0 Å². The van der Waals surface area contributed by atoms with Crippen molar-refractivity contribution in [2.45, 2.75) is 12.3 Å². The summed E-state index contributed by atoms with van der Waals surface area (Å²) in [5, 5.41) is 0. The topological polar surface area (TPSA) is 0 Å². The fourth-order valence-corrected chi connectivity index (χ4v) is 7.26. The maximum absolute atomic E-state index is 3.78. The second kappa shape index (κ2) is 10.0. The average Bonchev–Trinajstić information content (AvgIpc) is 3.28. The highest BCUT2D eigenvalue weighted by Crippen LogP contribution is 2.58. The second-order valence-corrected chi connectivity index (χ2v) is 12.3. The standard InChI is InChI=1S/C38H26Br2/c1-25-19-20-35-34(21-25)37-33(28-12-5-11-27(22-28)26-9-3-2-4-10-26)17-8-18-36(37)38(35,29-13-6-15-31(39)23-29)30-14-7-16-32(40)24-30/h2-24H,1H3. The highest BCUT2D eigenvalue weighted by atomic mass is 79.9. The third-order valence-corrected chi connectivity index (χ3v) is 9.10. The highest BCUT2D eigenvalue weighted by Gasteiger charge is 2.47. The molecule has 0 bridgehead atoms. The van der Waals surface area contributed by atoms with Crippen LogP contribution in [0.1, 0.15) is 27.8 Å². The van der Waals surface area contributed by atoms with Crippen molar-refractivity contribution >= 4 is 31.9 Å². The van der Waals surface area contributed by atoms with Crippen LogP contribution in [0, 0.1) is 6.92 Å². The lowest BCUT2D eigenvalue weighted by Crippen LogP contribution is -2.28. The molecular weight excluding hydrogens is 616 g/mol. The van der Waals surface area contributed by atoms with Crippen LogP contribution in [0.5, 0.6) is 0 Å². The van der Waals surface area contributed by atoms with E-state index in [2.05, 4.69) is 178 Å². The molecule has 0 saturated carbocycles. The largest absolute Gasteiger partial charge is 0.0714 e. The minimum Gasteiger partial charge on any atom is -0.0622 e. The number of hydrogen-bond acceptors (Lipinski definition) is 0. The van der Waals surface area contributed by atoms with Crippen LogP contribution in [0.15, 0.2) is 148 Å². The molecule has 0 aliphatic heterocycles. The van der Waals surface area contributed by atoms with Crippen molar-refractivity contribution in [3.63, 3.8) is 0 Å². The van der Waals surface area contributed by atoms with Crippen molar-refractivity contribution in [3.05, 3.63) is 176 Å². The van der Waals surface area contributed by atoms with E-state index >= 15 is 0 Å². The third-order valence-electron chi connectivity index (χ3n) is 8.11. The van der Waals surface area contributed by atoms with Gasteiger partial charge in [0.1, 0.15) is 0 Å². The molecule has 0 heterocycles. The molecule has 0 aromatic heterocycles. The molecule has 7 rings (SSSR count). The summed E-state index contributed by atoms with van der Waals surface area (Å²) < 4.78 is 2.15. The first-order valence-electron chi connectivity index (χ1n) is 13.5. The van der Waals surface area contributed by atoms with Crippen LogP contribution in [0.3, 0.4) is 0 Å². The smallest absolute Gasteiger partial charge is 0.0622 e. The fourth-order valence-electron chi connectivity index (χ4n) is 6.46. The molecule has 6 aromatic rings. The Bertz CT molecular complexity index is 1840. The Kier molecular flexibility index (Phi) is 6.34. The number of benzene rings is 6. The average molecular weight is 642 g/mol. The van der Waals surface area contributed by atoms with E-state index in [1.165, 1.54) is 61.2 Å². The van der Waals surface area contributed by atoms with Crippen LogP contribution in [-0.4, -0.2) is 0 Å². The molecular formula is C38H26Br2. The van der Waals surface area contributed by atoms with E-state index in [0.717, 1.165) is 8.95 Å². The summed E-state index contributed by atoms with van der Waals surface area (Å²) in [6.07, 6.45) is 0. The second-order valence-electron chi connectivity index (χ2n) is 10.5. The van der Waals surface area contributed by atoms with Crippen molar-refractivity contribution in [2.24, 2.45) is 0 Å². The van der Waals surface area contributed by atoms with Crippen molar-refractivity contribution < 1.29 is 0 Å². The van der Waals surface area contributed by atoms with Gasteiger partial charge >= 0.3 is 0 Å². The number of halogens is 2. The number of rotatable bonds is 4. The molecule has 1 aliphatic rings. The minimum atomic E-state index is -0.459. The van der Waals surface area contributed by atoms with Crippen LogP contribution in [0.25, 0.3) is 33.4 Å². The zero-order chi connectivity index (χ0) is 27.3. The van der Waals surface area contributed by atoms with Crippen LogP contribution < -0.4 is 0 Å². The van der Waals surface area contributed by atoms with Gasteiger partial charge in [0.05, 0.1) is 5.41 Å². The molecule has 0 spiro atoms. The van der Waals surface area contributed by atoms with E-state index in [-0.39, 0.29) is 0 Å². The molecule has 0 amide bonds. The van der Waals surface area contributed by atoms with E-state index in [0.29, 0.717) is 0 Å². The van der Waals surface area contributed by atoms with E-state index in [9.17, 15) is 0 Å². The maximum atomic E-state index is 3.78. The molecule has 192 valence electrons. The van der Waals surface area contributed by atoms with Gasteiger partial charge in [-0.25, -0.2) is 0 Å². The van der Waals surface area contributed by atoms with Crippen LogP contribution in [0.2, 0.25) is 0 Å². The first-order chi connectivity index (χ1) is 19.6. The minimum absolute atomic E-state index is 0.459. The molecule has 6 aromatic carbocycles. The molecule has 0 radical (unpaired) electrons. The third kappa shape index (κ3) is 4.01. The predicted molar refractivity (Wildman–Crippen MR) is 175 cm³/mol. The Labute approximate surface area is 252 Å². The Morgan fingerprint density at radius 2 is 1.07 bits per heavy atom. The van der Waals surface area contributed by atoms with Crippen LogP contribution in [-0.2, 0) is 5.41 Å². The van der Waals surface area contributed by atoms with E-state index < -0.39 is 5.41 Å². The fraction of sp³-hybridized carbons (Fsp3) is 0.0526. The van der Waals surface area contributed by atoms with Gasteiger partial charge in [-0.1, -0.05) is 147 Å². The molecule has 2 heteroatoms.